The molecule has 0 fully saturated rings. The Labute approximate surface area is 91.0 Å². The number of ether oxygens (including phenoxy) is 1. The van der Waals surface area contributed by atoms with Gasteiger partial charge < -0.3 is 15.6 Å². The van der Waals surface area contributed by atoms with E-state index in [1.807, 2.05) is 18.9 Å². The van der Waals surface area contributed by atoms with E-state index in [1.165, 1.54) is 0 Å². The molecule has 0 saturated carbocycles. The van der Waals surface area contributed by atoms with Crippen LogP contribution in [0.15, 0.2) is 0 Å². The third-order valence-electron chi connectivity index (χ3n) is 2.10. The standard InChI is InChI=1S/C9H20N2O2S/c1-4-8(9(10)14)11(2)5-7(12)6-13-3/h7-8,12H,4-6H2,1-3H3,(H2,10,14). The number of hydrogen-bond acceptors (Lipinski definition) is 4. The lowest BCUT2D eigenvalue weighted by atomic mass is 10.2. The van der Waals surface area contributed by atoms with Gasteiger partial charge in [-0.25, -0.2) is 0 Å². The van der Waals surface area contributed by atoms with E-state index in [2.05, 4.69) is 0 Å². The molecular weight excluding hydrogens is 200 g/mol. The third-order valence-corrected chi connectivity index (χ3v) is 2.38. The minimum absolute atomic E-state index is 0.0523. The molecule has 5 heteroatoms. The van der Waals surface area contributed by atoms with Gasteiger partial charge in [0.2, 0.25) is 0 Å². The molecule has 4 nitrogen and oxygen atoms in total. The van der Waals surface area contributed by atoms with Crippen molar-refractivity contribution in [3.63, 3.8) is 0 Å². The number of thiocarbonyl (C=S) groups is 1. The highest BCUT2D eigenvalue weighted by Gasteiger charge is 2.17. The van der Waals surface area contributed by atoms with Crippen LogP contribution in [0.4, 0.5) is 0 Å². The third kappa shape index (κ3) is 4.85. The van der Waals surface area contributed by atoms with Crippen molar-refractivity contribution in [2.24, 2.45) is 5.73 Å². The van der Waals surface area contributed by atoms with Gasteiger partial charge in [0, 0.05) is 13.7 Å². The number of aliphatic hydroxyl groups excluding tert-OH is 1. The molecule has 0 bridgehead atoms. The lowest BCUT2D eigenvalue weighted by Crippen LogP contribution is -2.45. The predicted molar refractivity (Wildman–Crippen MR) is 61.4 cm³/mol. The van der Waals surface area contributed by atoms with Crippen LogP contribution in [0.25, 0.3) is 0 Å². The number of hydrogen-bond donors (Lipinski definition) is 2. The molecule has 0 rings (SSSR count). The van der Waals surface area contributed by atoms with Crippen LogP contribution in [0.2, 0.25) is 0 Å². The van der Waals surface area contributed by atoms with Crippen molar-refractivity contribution in [1.29, 1.82) is 0 Å². The van der Waals surface area contributed by atoms with Crippen molar-refractivity contribution in [2.75, 3.05) is 27.3 Å². The SMILES string of the molecule is CCC(C(N)=S)N(C)CC(O)COC. The van der Waals surface area contributed by atoms with E-state index < -0.39 is 6.10 Å². The zero-order chi connectivity index (χ0) is 11.1. The summed E-state index contributed by atoms with van der Waals surface area (Å²) in [5.74, 6) is 0. The van der Waals surface area contributed by atoms with Crippen molar-refractivity contribution in [3.05, 3.63) is 0 Å². The fraction of sp³-hybridized carbons (Fsp3) is 0.889. The van der Waals surface area contributed by atoms with Crippen LogP contribution in [-0.4, -0.2) is 54.4 Å². The van der Waals surface area contributed by atoms with E-state index in [1.54, 1.807) is 7.11 Å². The van der Waals surface area contributed by atoms with Crippen molar-refractivity contribution in [2.45, 2.75) is 25.5 Å². The minimum Gasteiger partial charge on any atom is -0.392 e. The topological polar surface area (TPSA) is 58.7 Å². The van der Waals surface area contributed by atoms with Crippen LogP contribution in [0.3, 0.4) is 0 Å². The van der Waals surface area contributed by atoms with Gasteiger partial charge in [0.1, 0.15) is 0 Å². The van der Waals surface area contributed by atoms with E-state index in [9.17, 15) is 5.11 Å². The summed E-state index contributed by atoms with van der Waals surface area (Å²) < 4.78 is 4.84. The lowest BCUT2D eigenvalue weighted by molar-refractivity contribution is 0.0395. The second-order valence-corrected chi connectivity index (χ2v) is 3.85. The Morgan fingerprint density at radius 1 is 1.64 bits per heavy atom. The molecular formula is C9H20N2O2S. The molecule has 84 valence electrons. The van der Waals surface area contributed by atoms with Gasteiger partial charge in [0.05, 0.1) is 23.7 Å². The molecule has 0 spiro atoms. The van der Waals surface area contributed by atoms with Crippen LogP contribution in [0.1, 0.15) is 13.3 Å². The number of rotatable bonds is 7. The molecule has 2 atom stereocenters. The van der Waals surface area contributed by atoms with Crippen molar-refractivity contribution < 1.29 is 9.84 Å². The summed E-state index contributed by atoms with van der Waals surface area (Å²) in [5, 5.41) is 9.50. The Bertz CT molecular complexity index is 178. The molecule has 14 heavy (non-hydrogen) atoms. The number of nitrogens with zero attached hydrogens (tertiary/aromatic N) is 1. The van der Waals surface area contributed by atoms with Gasteiger partial charge in [-0.05, 0) is 13.5 Å². The lowest BCUT2D eigenvalue weighted by Gasteiger charge is -2.27. The maximum atomic E-state index is 9.50. The van der Waals surface area contributed by atoms with Gasteiger partial charge in [-0.15, -0.1) is 0 Å². The monoisotopic (exact) mass is 220 g/mol. The summed E-state index contributed by atoms with van der Waals surface area (Å²) in [6.07, 6.45) is 0.360. The van der Waals surface area contributed by atoms with Crippen LogP contribution in [0.5, 0.6) is 0 Å². The Morgan fingerprint density at radius 2 is 2.21 bits per heavy atom. The fourth-order valence-corrected chi connectivity index (χ4v) is 1.78. The number of nitrogens with two attached hydrogens (primary N) is 1. The quantitative estimate of drug-likeness (QED) is 0.591. The fourth-order valence-electron chi connectivity index (χ4n) is 1.43. The highest BCUT2D eigenvalue weighted by atomic mass is 32.1. The molecule has 0 aromatic carbocycles. The Hall–Kier alpha value is -0.230. The molecule has 0 aromatic heterocycles. The highest BCUT2D eigenvalue weighted by molar-refractivity contribution is 7.80. The van der Waals surface area contributed by atoms with Crippen LogP contribution in [0, 0.1) is 0 Å². The number of likely N-dealkylation sites (N-methyl/N-ethyl adjacent to an activating group) is 1. The second-order valence-electron chi connectivity index (χ2n) is 3.38. The predicted octanol–water partition coefficient (Wildman–Crippen LogP) is -0.00980. The van der Waals surface area contributed by atoms with Gasteiger partial charge in [-0.1, -0.05) is 19.1 Å². The van der Waals surface area contributed by atoms with Crippen molar-refractivity contribution in [1.82, 2.24) is 4.90 Å². The maximum absolute atomic E-state index is 9.50. The molecule has 0 aliphatic carbocycles. The summed E-state index contributed by atoms with van der Waals surface area (Å²) in [4.78, 5) is 2.42. The smallest absolute Gasteiger partial charge is 0.0901 e. The molecule has 0 heterocycles. The second kappa shape index (κ2) is 7.11. The first-order valence-corrected chi connectivity index (χ1v) is 5.10. The molecule has 0 amide bonds. The first-order valence-electron chi connectivity index (χ1n) is 4.69. The molecule has 0 aromatic rings. The first kappa shape index (κ1) is 13.8. The van der Waals surface area contributed by atoms with Crippen LogP contribution < -0.4 is 5.73 Å². The van der Waals surface area contributed by atoms with Gasteiger partial charge in [0.15, 0.2) is 0 Å². The van der Waals surface area contributed by atoms with Gasteiger partial charge in [-0.3, -0.25) is 4.90 Å². The van der Waals surface area contributed by atoms with Crippen LogP contribution in [-0.2, 0) is 4.74 Å². The largest absolute Gasteiger partial charge is 0.392 e. The highest BCUT2D eigenvalue weighted by Crippen LogP contribution is 2.03. The zero-order valence-corrected chi connectivity index (χ0v) is 9.88. The van der Waals surface area contributed by atoms with E-state index in [-0.39, 0.29) is 6.04 Å². The van der Waals surface area contributed by atoms with E-state index >= 15 is 0 Å². The molecule has 0 radical (unpaired) electrons. The summed E-state index contributed by atoms with van der Waals surface area (Å²) in [5.41, 5.74) is 5.57. The van der Waals surface area contributed by atoms with Gasteiger partial charge in [0.25, 0.3) is 0 Å². The molecule has 0 aliphatic rings. The van der Waals surface area contributed by atoms with Gasteiger partial charge in [-0.2, -0.15) is 0 Å². The summed E-state index contributed by atoms with van der Waals surface area (Å²) >= 11 is 4.93. The molecule has 0 aliphatic heterocycles. The number of methoxy groups -OCH3 is 1. The Balaban J connectivity index is 4.03. The first-order chi connectivity index (χ1) is 6.52. The normalized spacial score (nSPS) is 15.5. The molecule has 2 unspecified atom stereocenters. The Morgan fingerprint density at radius 3 is 2.57 bits per heavy atom. The van der Waals surface area contributed by atoms with E-state index in [0.29, 0.717) is 18.1 Å². The van der Waals surface area contributed by atoms with E-state index in [4.69, 9.17) is 22.7 Å². The average Bonchev–Trinajstić information content (AvgIpc) is 2.04. The Kier molecular flexibility index (Phi) is 7.00. The summed E-state index contributed by atoms with van der Waals surface area (Å²) in [6.45, 7) is 2.87. The van der Waals surface area contributed by atoms with Crippen LogP contribution >= 0.6 is 12.2 Å². The van der Waals surface area contributed by atoms with Gasteiger partial charge >= 0.3 is 0 Å². The maximum Gasteiger partial charge on any atom is 0.0901 e. The van der Waals surface area contributed by atoms with Crippen molar-refractivity contribution >= 4 is 17.2 Å². The summed E-state index contributed by atoms with van der Waals surface area (Å²) in [6, 6.07) is 0.0523. The molecule has 3 N–H and O–H groups in total. The molecule has 0 saturated heterocycles. The van der Waals surface area contributed by atoms with E-state index in [0.717, 1.165) is 6.42 Å². The number of aliphatic hydroxyl groups is 1. The summed E-state index contributed by atoms with van der Waals surface area (Å²) in [7, 11) is 3.46. The zero-order valence-electron chi connectivity index (χ0n) is 9.06. The van der Waals surface area contributed by atoms with Crippen molar-refractivity contribution in [3.8, 4) is 0 Å². The minimum atomic E-state index is -0.492. The average molecular weight is 220 g/mol.